The van der Waals surface area contributed by atoms with Crippen molar-refractivity contribution in [2.75, 3.05) is 0 Å². The highest BCUT2D eigenvalue weighted by Gasteiger charge is 2.35. The second-order valence-electron chi connectivity index (χ2n) is 9.82. The molecule has 4 heterocycles. The molecule has 0 amide bonds. The molecule has 6 rings (SSSR count). The number of rotatable bonds is 7. The Morgan fingerprint density at radius 1 is 0.864 bits per heavy atom. The molecule has 6 aromatic rings. The molecule has 0 N–H and O–H groups in total. The molecular weight excluding hydrogens is 581 g/mol. The van der Waals surface area contributed by atoms with Gasteiger partial charge >= 0.3 is 6.18 Å². The number of aromatic nitrogens is 5. The van der Waals surface area contributed by atoms with Gasteiger partial charge in [0.25, 0.3) is 0 Å². The molecule has 0 unspecified atom stereocenters. The first-order chi connectivity index (χ1) is 21.1. The molecule has 0 atom stereocenters. The van der Waals surface area contributed by atoms with Crippen molar-refractivity contribution >= 4 is 10.9 Å². The zero-order valence-electron chi connectivity index (χ0n) is 23.2. The summed E-state index contributed by atoms with van der Waals surface area (Å²) in [5.41, 5.74) is -0.287. The van der Waals surface area contributed by atoms with Crippen LogP contribution in [0.5, 0.6) is 17.4 Å². The van der Waals surface area contributed by atoms with Gasteiger partial charge in [-0.05, 0) is 49.2 Å². The van der Waals surface area contributed by atoms with Crippen molar-refractivity contribution in [1.82, 2.24) is 24.7 Å². The van der Waals surface area contributed by atoms with Crippen LogP contribution in [-0.4, -0.2) is 24.7 Å². The normalized spacial score (nSPS) is 11.6. The van der Waals surface area contributed by atoms with Crippen LogP contribution in [0, 0.1) is 25.5 Å². The first kappa shape index (κ1) is 28.7. The largest absolute Gasteiger partial charge is 0.488 e. The molecule has 7 nitrogen and oxygen atoms in total. The van der Waals surface area contributed by atoms with Crippen LogP contribution in [0.2, 0.25) is 0 Å². The van der Waals surface area contributed by atoms with Crippen LogP contribution in [0.4, 0.5) is 22.0 Å². The predicted molar refractivity (Wildman–Crippen MR) is 152 cm³/mol. The van der Waals surface area contributed by atoms with Crippen LogP contribution in [-0.2, 0) is 12.8 Å². The molecule has 0 bridgehead atoms. The van der Waals surface area contributed by atoms with Gasteiger partial charge in [-0.3, -0.25) is 0 Å². The maximum Gasteiger partial charge on any atom is 0.418 e. The SMILES string of the molecule is Cc1c(Oc2ncc(C(F)(F)F)c(C)c2-c2cc(OCc3ccccc3)c3c(-n4cccn4)nccc3n2)ccc(F)c1F. The zero-order chi connectivity index (χ0) is 31.0. The molecule has 0 aliphatic rings. The van der Waals surface area contributed by atoms with E-state index in [2.05, 4.69) is 20.1 Å². The van der Waals surface area contributed by atoms with Gasteiger partial charge in [0.1, 0.15) is 18.1 Å². The standard InChI is InChI=1S/C32H22F5N5O2/c1-18-21(32(35,36)37)16-39-31(44-25-10-9-22(33)29(34)19(25)2)27(18)24-15-26(43-17-20-7-4-3-5-8-20)28-23(41-24)11-13-38-30(28)42-14-6-12-40-42/h3-16H,17H2,1-2H3. The van der Waals surface area contributed by atoms with Crippen molar-refractivity contribution in [3.8, 4) is 34.5 Å². The Kier molecular flexibility index (Phi) is 7.41. The van der Waals surface area contributed by atoms with Gasteiger partial charge in [0.2, 0.25) is 5.88 Å². The Bertz CT molecular complexity index is 1980. The third kappa shape index (κ3) is 5.41. The van der Waals surface area contributed by atoms with Gasteiger partial charge < -0.3 is 9.47 Å². The Morgan fingerprint density at radius 3 is 2.39 bits per heavy atom. The predicted octanol–water partition coefficient (Wildman–Crippen LogP) is 8.16. The Balaban J connectivity index is 1.58. The molecule has 0 aliphatic carbocycles. The maximum atomic E-state index is 14.4. The van der Waals surface area contributed by atoms with Gasteiger partial charge in [0, 0.05) is 36.4 Å². The second-order valence-corrected chi connectivity index (χ2v) is 9.82. The summed E-state index contributed by atoms with van der Waals surface area (Å²) in [7, 11) is 0. The molecule has 0 spiro atoms. The van der Waals surface area contributed by atoms with Crippen LogP contribution in [0.15, 0.2) is 85.5 Å². The third-order valence-electron chi connectivity index (χ3n) is 6.98. The summed E-state index contributed by atoms with van der Waals surface area (Å²) >= 11 is 0. The number of hydrogen-bond acceptors (Lipinski definition) is 6. The van der Waals surface area contributed by atoms with Gasteiger partial charge in [-0.25, -0.2) is 28.4 Å². The minimum Gasteiger partial charge on any atom is -0.488 e. The second kappa shape index (κ2) is 11.4. The van der Waals surface area contributed by atoms with Crippen LogP contribution in [0.25, 0.3) is 28.0 Å². The van der Waals surface area contributed by atoms with Crippen molar-refractivity contribution in [1.29, 1.82) is 0 Å². The Labute approximate surface area is 247 Å². The fourth-order valence-corrected chi connectivity index (χ4v) is 4.77. The average Bonchev–Trinajstić information content (AvgIpc) is 3.55. The van der Waals surface area contributed by atoms with Crippen molar-refractivity contribution in [3.05, 3.63) is 119 Å². The van der Waals surface area contributed by atoms with E-state index in [4.69, 9.17) is 9.47 Å². The minimum atomic E-state index is -4.75. The summed E-state index contributed by atoms with van der Waals surface area (Å²) in [6.45, 7) is 2.69. The zero-order valence-corrected chi connectivity index (χ0v) is 23.2. The number of hydrogen-bond donors (Lipinski definition) is 0. The highest BCUT2D eigenvalue weighted by molar-refractivity contribution is 5.94. The van der Waals surface area contributed by atoms with E-state index in [-0.39, 0.29) is 46.4 Å². The lowest BCUT2D eigenvalue weighted by Gasteiger charge is -2.19. The van der Waals surface area contributed by atoms with Gasteiger partial charge in [-0.15, -0.1) is 0 Å². The van der Waals surface area contributed by atoms with Crippen molar-refractivity contribution < 1.29 is 31.4 Å². The molecule has 44 heavy (non-hydrogen) atoms. The lowest BCUT2D eigenvalue weighted by Crippen LogP contribution is -2.11. The van der Waals surface area contributed by atoms with Gasteiger partial charge in [0.05, 0.1) is 27.7 Å². The number of halogens is 5. The molecule has 0 saturated heterocycles. The van der Waals surface area contributed by atoms with Gasteiger partial charge in [-0.1, -0.05) is 30.3 Å². The highest BCUT2D eigenvalue weighted by atomic mass is 19.4. The van der Waals surface area contributed by atoms with Gasteiger partial charge in [0.15, 0.2) is 17.5 Å². The fraction of sp³-hybridized carbons (Fsp3) is 0.125. The fourth-order valence-electron chi connectivity index (χ4n) is 4.77. The highest BCUT2D eigenvalue weighted by Crippen LogP contribution is 2.43. The van der Waals surface area contributed by atoms with Crippen LogP contribution < -0.4 is 9.47 Å². The van der Waals surface area contributed by atoms with Crippen molar-refractivity contribution in [2.45, 2.75) is 26.6 Å². The van der Waals surface area contributed by atoms with Crippen LogP contribution in [0.1, 0.15) is 22.3 Å². The third-order valence-corrected chi connectivity index (χ3v) is 6.98. The summed E-state index contributed by atoms with van der Waals surface area (Å²) in [4.78, 5) is 13.1. The summed E-state index contributed by atoms with van der Waals surface area (Å²) in [5, 5.41) is 4.74. The summed E-state index contributed by atoms with van der Waals surface area (Å²) < 4.78 is 84.0. The van der Waals surface area contributed by atoms with E-state index in [1.165, 1.54) is 36.9 Å². The molecule has 0 radical (unpaired) electrons. The van der Waals surface area contributed by atoms with E-state index >= 15 is 0 Å². The molecule has 0 fully saturated rings. The van der Waals surface area contributed by atoms with Gasteiger partial charge in [-0.2, -0.15) is 18.3 Å². The summed E-state index contributed by atoms with van der Waals surface area (Å²) in [5.74, 6) is -1.99. The van der Waals surface area contributed by atoms with E-state index in [1.54, 1.807) is 24.5 Å². The number of fused-ring (bicyclic) bond motifs is 1. The molecule has 0 saturated carbocycles. The lowest BCUT2D eigenvalue weighted by atomic mass is 10.0. The number of ether oxygens (including phenoxy) is 2. The smallest absolute Gasteiger partial charge is 0.418 e. The van der Waals surface area contributed by atoms with E-state index in [0.717, 1.165) is 11.6 Å². The number of benzene rings is 2. The molecule has 12 heteroatoms. The summed E-state index contributed by atoms with van der Waals surface area (Å²) in [6.07, 6.45) is 0.651. The molecular formula is C32H22F5N5O2. The van der Waals surface area contributed by atoms with E-state index in [1.807, 2.05) is 30.3 Å². The maximum absolute atomic E-state index is 14.4. The first-order valence-electron chi connectivity index (χ1n) is 13.3. The Morgan fingerprint density at radius 2 is 1.66 bits per heavy atom. The number of nitrogens with zero attached hydrogens (tertiary/aromatic N) is 5. The Hall–Kier alpha value is -5.39. The summed E-state index contributed by atoms with van der Waals surface area (Å²) in [6, 6.07) is 16.1. The first-order valence-corrected chi connectivity index (χ1v) is 13.3. The monoisotopic (exact) mass is 603 g/mol. The molecule has 4 aromatic heterocycles. The van der Waals surface area contributed by atoms with Crippen LogP contribution in [0.3, 0.4) is 0 Å². The van der Waals surface area contributed by atoms with Crippen molar-refractivity contribution in [2.24, 2.45) is 0 Å². The van der Waals surface area contributed by atoms with E-state index in [9.17, 15) is 22.0 Å². The number of alkyl halides is 3. The molecule has 222 valence electrons. The van der Waals surface area contributed by atoms with Crippen molar-refractivity contribution in [3.63, 3.8) is 0 Å². The van der Waals surface area contributed by atoms with E-state index < -0.39 is 23.4 Å². The van der Waals surface area contributed by atoms with E-state index in [0.29, 0.717) is 22.9 Å². The topological polar surface area (TPSA) is 75.0 Å². The van der Waals surface area contributed by atoms with Crippen LogP contribution >= 0.6 is 0 Å². The average molecular weight is 604 g/mol. The quantitative estimate of drug-likeness (QED) is 0.172. The number of pyridine rings is 3. The lowest BCUT2D eigenvalue weighted by molar-refractivity contribution is -0.138. The molecule has 2 aromatic carbocycles. The molecule has 0 aliphatic heterocycles. The minimum absolute atomic E-state index is 0.0458.